The first-order chi connectivity index (χ1) is 6.03. The molecule has 1 aliphatic carbocycles. The van der Waals surface area contributed by atoms with Crippen LogP contribution in [0, 0.1) is 0 Å². The molecule has 0 spiro atoms. The molecule has 1 fully saturated rings. The lowest BCUT2D eigenvalue weighted by Gasteiger charge is -2.22. The monoisotopic (exact) mass is 200 g/mol. The molecule has 0 bridgehead atoms. The van der Waals surface area contributed by atoms with Gasteiger partial charge in [0.2, 0.25) is 8.32 Å². The van der Waals surface area contributed by atoms with Crippen LogP contribution in [-0.2, 0) is 9.16 Å². The van der Waals surface area contributed by atoms with Crippen molar-refractivity contribution in [3.05, 3.63) is 11.5 Å². The van der Waals surface area contributed by atoms with Crippen LogP contribution < -0.4 is 0 Å². The van der Waals surface area contributed by atoms with E-state index in [1.165, 1.54) is 18.4 Å². The maximum Gasteiger partial charge on any atom is 0.264 e. The number of methoxy groups -OCH3 is 1. The number of hydrogen-bond acceptors (Lipinski definition) is 2. The summed E-state index contributed by atoms with van der Waals surface area (Å²) in [7, 11) is 0.217. The summed E-state index contributed by atoms with van der Waals surface area (Å²) >= 11 is 0. The van der Waals surface area contributed by atoms with Crippen molar-refractivity contribution in [1.29, 1.82) is 0 Å². The van der Waals surface area contributed by atoms with E-state index in [1.807, 2.05) is 0 Å². The van der Waals surface area contributed by atoms with E-state index in [-0.39, 0.29) is 0 Å². The minimum atomic E-state index is -1.49. The van der Waals surface area contributed by atoms with Crippen LogP contribution in [0.15, 0.2) is 11.5 Å². The molecule has 0 heterocycles. The quantitative estimate of drug-likeness (QED) is 0.514. The largest absolute Gasteiger partial charge is 0.520 e. The third kappa shape index (κ3) is 3.42. The zero-order valence-electron chi connectivity index (χ0n) is 9.14. The summed E-state index contributed by atoms with van der Waals surface area (Å²) in [5.41, 5.74) is 1.38. The Balaban J connectivity index is 2.66. The van der Waals surface area contributed by atoms with Gasteiger partial charge in [-0.2, -0.15) is 0 Å². The van der Waals surface area contributed by atoms with E-state index in [1.54, 1.807) is 7.11 Å². The molecular formula is C10H20O2Si. The fraction of sp³-hybridized carbons (Fsp3) is 0.800. The van der Waals surface area contributed by atoms with Gasteiger partial charge in [0.05, 0.1) is 7.11 Å². The van der Waals surface area contributed by atoms with Crippen LogP contribution in [0.4, 0.5) is 0 Å². The van der Waals surface area contributed by atoms with Gasteiger partial charge in [0.1, 0.15) is 0 Å². The Labute approximate surface area is 82.1 Å². The van der Waals surface area contributed by atoms with Crippen molar-refractivity contribution >= 4 is 8.32 Å². The first-order valence-electron chi connectivity index (χ1n) is 4.98. The second-order valence-corrected chi connectivity index (χ2v) is 8.95. The molecular weight excluding hydrogens is 180 g/mol. The van der Waals surface area contributed by atoms with E-state index in [9.17, 15) is 0 Å². The maximum atomic E-state index is 5.87. The fourth-order valence-corrected chi connectivity index (χ4v) is 2.33. The third-order valence-corrected chi connectivity index (χ3v) is 2.88. The molecule has 0 amide bonds. The van der Waals surface area contributed by atoms with Gasteiger partial charge < -0.3 is 9.16 Å². The van der Waals surface area contributed by atoms with Gasteiger partial charge in [-0.25, -0.2) is 0 Å². The highest BCUT2D eigenvalue weighted by molar-refractivity contribution is 6.70. The maximum absolute atomic E-state index is 5.87. The summed E-state index contributed by atoms with van der Waals surface area (Å²) in [6, 6.07) is 0. The summed E-state index contributed by atoms with van der Waals surface area (Å²) in [4.78, 5) is 0. The van der Waals surface area contributed by atoms with E-state index in [0.717, 1.165) is 18.8 Å². The minimum Gasteiger partial charge on any atom is -0.520 e. The standard InChI is InChI=1S/C10H20O2Si/c1-11-10(12-13(2,3)4)9-7-5-6-8-9/h5-8H2,1-4H3. The molecule has 76 valence electrons. The highest BCUT2D eigenvalue weighted by Crippen LogP contribution is 2.29. The van der Waals surface area contributed by atoms with Gasteiger partial charge in [0, 0.05) is 5.57 Å². The molecule has 0 aliphatic heterocycles. The average Bonchev–Trinajstić information content (AvgIpc) is 2.50. The van der Waals surface area contributed by atoms with Crippen molar-refractivity contribution in [1.82, 2.24) is 0 Å². The summed E-state index contributed by atoms with van der Waals surface area (Å²) < 4.78 is 11.2. The van der Waals surface area contributed by atoms with Gasteiger partial charge in [0.15, 0.2) is 0 Å². The van der Waals surface area contributed by atoms with Crippen LogP contribution in [0.2, 0.25) is 19.6 Å². The Kier molecular flexibility index (Phi) is 3.42. The number of allylic oxidation sites excluding steroid dienone is 1. The van der Waals surface area contributed by atoms with E-state index < -0.39 is 8.32 Å². The topological polar surface area (TPSA) is 18.5 Å². The van der Waals surface area contributed by atoms with Gasteiger partial charge in [-0.3, -0.25) is 0 Å². The highest BCUT2D eigenvalue weighted by Gasteiger charge is 2.22. The van der Waals surface area contributed by atoms with Crippen LogP contribution in [0.25, 0.3) is 0 Å². The Bertz CT molecular complexity index is 195. The van der Waals surface area contributed by atoms with Gasteiger partial charge in [-0.1, -0.05) is 0 Å². The molecule has 0 saturated heterocycles. The van der Waals surface area contributed by atoms with Crippen LogP contribution in [0.3, 0.4) is 0 Å². The zero-order valence-corrected chi connectivity index (χ0v) is 10.1. The molecule has 3 heteroatoms. The number of ether oxygens (including phenoxy) is 1. The van der Waals surface area contributed by atoms with Crippen molar-refractivity contribution in [2.45, 2.75) is 45.3 Å². The van der Waals surface area contributed by atoms with Crippen molar-refractivity contribution < 1.29 is 9.16 Å². The lowest BCUT2D eigenvalue weighted by atomic mass is 10.2. The molecule has 1 rings (SSSR count). The second-order valence-electron chi connectivity index (χ2n) is 4.52. The predicted octanol–water partition coefficient (Wildman–Crippen LogP) is 3.27. The number of rotatable bonds is 3. The molecule has 0 atom stereocenters. The minimum absolute atomic E-state index is 0.816. The summed E-state index contributed by atoms with van der Waals surface area (Å²) in [6.07, 6.45) is 4.90. The van der Waals surface area contributed by atoms with E-state index in [2.05, 4.69) is 19.6 Å². The van der Waals surface area contributed by atoms with Gasteiger partial charge in [-0.15, -0.1) is 0 Å². The van der Waals surface area contributed by atoms with E-state index in [4.69, 9.17) is 9.16 Å². The van der Waals surface area contributed by atoms with Gasteiger partial charge in [0.25, 0.3) is 5.95 Å². The molecule has 0 aromatic rings. The second kappa shape index (κ2) is 4.18. The van der Waals surface area contributed by atoms with Crippen molar-refractivity contribution in [3.63, 3.8) is 0 Å². The molecule has 0 N–H and O–H groups in total. The molecule has 2 nitrogen and oxygen atoms in total. The van der Waals surface area contributed by atoms with Crippen molar-refractivity contribution in [2.24, 2.45) is 0 Å². The smallest absolute Gasteiger partial charge is 0.264 e. The zero-order chi connectivity index (χ0) is 9.90. The van der Waals surface area contributed by atoms with Crippen molar-refractivity contribution in [3.8, 4) is 0 Å². The first-order valence-corrected chi connectivity index (χ1v) is 8.39. The highest BCUT2D eigenvalue weighted by atomic mass is 28.4. The lowest BCUT2D eigenvalue weighted by molar-refractivity contribution is 0.141. The lowest BCUT2D eigenvalue weighted by Crippen LogP contribution is -2.25. The van der Waals surface area contributed by atoms with Crippen LogP contribution >= 0.6 is 0 Å². The molecule has 0 unspecified atom stereocenters. The van der Waals surface area contributed by atoms with Gasteiger partial charge in [-0.05, 0) is 45.3 Å². The van der Waals surface area contributed by atoms with E-state index >= 15 is 0 Å². The Morgan fingerprint density at radius 1 is 1.15 bits per heavy atom. The van der Waals surface area contributed by atoms with Crippen LogP contribution in [0.5, 0.6) is 0 Å². The molecule has 1 saturated carbocycles. The summed E-state index contributed by atoms with van der Waals surface area (Å²) in [5.74, 6) is 0.816. The molecule has 0 aromatic carbocycles. The SMILES string of the molecule is COC(O[Si](C)(C)C)=C1CCCC1. The van der Waals surface area contributed by atoms with Crippen LogP contribution in [0.1, 0.15) is 25.7 Å². The fourth-order valence-electron chi connectivity index (χ4n) is 1.54. The third-order valence-electron chi connectivity index (χ3n) is 2.08. The Morgan fingerprint density at radius 2 is 1.69 bits per heavy atom. The van der Waals surface area contributed by atoms with Crippen molar-refractivity contribution in [2.75, 3.05) is 7.11 Å². The molecule has 1 aliphatic rings. The Hall–Kier alpha value is -0.443. The summed E-state index contributed by atoms with van der Waals surface area (Å²) in [6.45, 7) is 6.55. The Morgan fingerprint density at radius 3 is 2.08 bits per heavy atom. The first kappa shape index (κ1) is 10.6. The summed E-state index contributed by atoms with van der Waals surface area (Å²) in [5, 5.41) is 0. The van der Waals surface area contributed by atoms with Gasteiger partial charge >= 0.3 is 0 Å². The number of hydrogen-bond donors (Lipinski definition) is 0. The van der Waals surface area contributed by atoms with Crippen LogP contribution in [-0.4, -0.2) is 15.4 Å². The van der Waals surface area contributed by atoms with E-state index in [0.29, 0.717) is 0 Å². The predicted molar refractivity (Wildman–Crippen MR) is 56.9 cm³/mol. The molecule has 0 radical (unpaired) electrons. The average molecular weight is 200 g/mol. The molecule has 0 aromatic heterocycles. The molecule has 13 heavy (non-hydrogen) atoms. The normalized spacial score (nSPS) is 17.4.